The summed E-state index contributed by atoms with van der Waals surface area (Å²) >= 11 is 0. The molecule has 1 heterocycles. The van der Waals surface area contributed by atoms with E-state index < -0.39 is 15.8 Å². The highest BCUT2D eigenvalue weighted by molar-refractivity contribution is 7.91. The average molecular weight is 269 g/mol. The molecule has 1 aromatic carbocycles. The van der Waals surface area contributed by atoms with Crippen LogP contribution in [0.3, 0.4) is 0 Å². The number of benzene rings is 1. The Morgan fingerprint density at radius 3 is 2.61 bits per heavy atom. The van der Waals surface area contributed by atoms with Crippen LogP contribution in [0, 0.1) is 0 Å². The van der Waals surface area contributed by atoms with Gasteiger partial charge in [-0.25, -0.2) is 13.2 Å². The standard InChI is InChI=1S/C12H15NO4S/c1-13(2)10-7-18(15,16)11-6-8(12(14)17-3)4-5-9(10)11/h4-6,10H,7H2,1-3H3. The van der Waals surface area contributed by atoms with Crippen molar-refractivity contribution in [1.29, 1.82) is 0 Å². The van der Waals surface area contributed by atoms with Crippen molar-refractivity contribution in [2.75, 3.05) is 27.0 Å². The molecule has 6 heteroatoms. The number of rotatable bonds is 2. The Balaban J connectivity index is 2.56. The first kappa shape index (κ1) is 13.0. The van der Waals surface area contributed by atoms with Crippen LogP contribution in [0.1, 0.15) is 22.0 Å². The van der Waals surface area contributed by atoms with Gasteiger partial charge in [-0.15, -0.1) is 0 Å². The maximum atomic E-state index is 12.1. The fraction of sp³-hybridized carbons (Fsp3) is 0.417. The lowest BCUT2D eigenvalue weighted by atomic mass is 10.1. The minimum Gasteiger partial charge on any atom is -0.465 e. The Hall–Kier alpha value is -1.40. The van der Waals surface area contributed by atoms with Crippen molar-refractivity contribution in [3.05, 3.63) is 29.3 Å². The van der Waals surface area contributed by atoms with Crippen LogP contribution in [-0.2, 0) is 14.6 Å². The Bertz CT molecular complexity index is 592. The summed E-state index contributed by atoms with van der Waals surface area (Å²) in [7, 11) is 1.63. The number of fused-ring (bicyclic) bond motifs is 1. The molecular formula is C12H15NO4S. The molecule has 2 rings (SSSR count). The zero-order valence-corrected chi connectivity index (χ0v) is 11.3. The van der Waals surface area contributed by atoms with E-state index in [1.807, 2.05) is 19.0 Å². The van der Waals surface area contributed by atoms with Gasteiger partial charge < -0.3 is 9.64 Å². The monoisotopic (exact) mass is 269 g/mol. The number of carbonyl (C=O) groups excluding carboxylic acids is 1. The van der Waals surface area contributed by atoms with Crippen LogP contribution < -0.4 is 0 Å². The molecule has 1 aromatic rings. The van der Waals surface area contributed by atoms with Crippen LogP contribution >= 0.6 is 0 Å². The summed E-state index contributed by atoms with van der Waals surface area (Å²) in [6.45, 7) is 0. The predicted molar refractivity (Wildman–Crippen MR) is 66.3 cm³/mol. The van der Waals surface area contributed by atoms with Gasteiger partial charge in [0.15, 0.2) is 9.84 Å². The molecule has 0 amide bonds. The van der Waals surface area contributed by atoms with Crippen LogP contribution in [0.4, 0.5) is 0 Å². The zero-order chi connectivity index (χ0) is 13.5. The lowest BCUT2D eigenvalue weighted by Crippen LogP contribution is -2.21. The van der Waals surface area contributed by atoms with E-state index in [-0.39, 0.29) is 22.3 Å². The number of nitrogens with zero attached hydrogens (tertiary/aromatic N) is 1. The Labute approximate surface area is 106 Å². The fourth-order valence-corrected chi connectivity index (χ4v) is 4.08. The highest BCUT2D eigenvalue weighted by atomic mass is 32.2. The van der Waals surface area contributed by atoms with E-state index in [1.54, 1.807) is 12.1 Å². The second-order valence-corrected chi connectivity index (χ2v) is 6.51. The van der Waals surface area contributed by atoms with E-state index in [9.17, 15) is 13.2 Å². The molecule has 0 bridgehead atoms. The molecular weight excluding hydrogens is 254 g/mol. The first-order chi connectivity index (χ1) is 8.36. The van der Waals surface area contributed by atoms with Crippen LogP contribution in [0.25, 0.3) is 0 Å². The third-order valence-corrected chi connectivity index (χ3v) is 4.91. The molecule has 0 aromatic heterocycles. The number of hydrogen-bond donors (Lipinski definition) is 0. The average Bonchev–Trinajstić information content (AvgIpc) is 2.60. The van der Waals surface area contributed by atoms with E-state index in [1.165, 1.54) is 13.2 Å². The van der Waals surface area contributed by atoms with E-state index in [0.29, 0.717) is 0 Å². The molecule has 1 atom stereocenters. The highest BCUT2D eigenvalue weighted by Gasteiger charge is 2.36. The van der Waals surface area contributed by atoms with Crippen molar-refractivity contribution in [2.24, 2.45) is 0 Å². The molecule has 0 N–H and O–H groups in total. The summed E-state index contributed by atoms with van der Waals surface area (Å²) in [5.74, 6) is -0.471. The number of ether oxygens (including phenoxy) is 1. The van der Waals surface area contributed by atoms with Crippen molar-refractivity contribution >= 4 is 15.8 Å². The predicted octanol–water partition coefficient (Wildman–Crippen LogP) is 0.863. The molecule has 0 radical (unpaired) electrons. The third-order valence-electron chi connectivity index (χ3n) is 3.13. The maximum absolute atomic E-state index is 12.1. The number of esters is 1. The number of methoxy groups -OCH3 is 1. The first-order valence-corrected chi connectivity index (χ1v) is 7.13. The minimum atomic E-state index is -3.31. The van der Waals surface area contributed by atoms with Gasteiger partial charge in [0.25, 0.3) is 0 Å². The summed E-state index contributed by atoms with van der Waals surface area (Å²) in [5, 5.41) is 0. The van der Waals surface area contributed by atoms with Gasteiger partial charge in [-0.05, 0) is 31.8 Å². The van der Waals surface area contributed by atoms with E-state index in [4.69, 9.17) is 0 Å². The number of sulfone groups is 1. The molecule has 0 fully saturated rings. The summed E-state index contributed by atoms with van der Waals surface area (Å²) in [6.07, 6.45) is 0. The SMILES string of the molecule is COC(=O)c1ccc2c(c1)S(=O)(=O)CC2N(C)C. The van der Waals surface area contributed by atoms with Gasteiger partial charge in [0.05, 0.1) is 23.3 Å². The second kappa shape index (κ2) is 4.37. The lowest BCUT2D eigenvalue weighted by molar-refractivity contribution is 0.0600. The molecule has 98 valence electrons. The Morgan fingerprint density at radius 1 is 1.39 bits per heavy atom. The van der Waals surface area contributed by atoms with Crippen LogP contribution in [0.2, 0.25) is 0 Å². The van der Waals surface area contributed by atoms with Crippen LogP contribution in [0.5, 0.6) is 0 Å². The van der Waals surface area contributed by atoms with E-state index in [0.717, 1.165) is 5.56 Å². The molecule has 0 spiro atoms. The van der Waals surface area contributed by atoms with Gasteiger partial charge >= 0.3 is 5.97 Å². The zero-order valence-electron chi connectivity index (χ0n) is 10.5. The molecule has 1 unspecified atom stereocenters. The summed E-state index contributed by atoms with van der Waals surface area (Å²) < 4.78 is 28.7. The topological polar surface area (TPSA) is 63.7 Å². The number of carbonyl (C=O) groups is 1. The van der Waals surface area contributed by atoms with Crippen molar-refractivity contribution in [3.63, 3.8) is 0 Å². The summed E-state index contributed by atoms with van der Waals surface area (Å²) in [5.41, 5.74) is 1.01. The maximum Gasteiger partial charge on any atom is 0.337 e. The normalized spacial score (nSPS) is 20.8. The minimum absolute atomic E-state index is 0.0555. The van der Waals surface area contributed by atoms with Gasteiger partial charge in [-0.1, -0.05) is 6.07 Å². The molecule has 0 saturated carbocycles. The molecule has 0 saturated heterocycles. The molecule has 18 heavy (non-hydrogen) atoms. The smallest absolute Gasteiger partial charge is 0.337 e. The van der Waals surface area contributed by atoms with Crippen molar-refractivity contribution < 1.29 is 17.9 Å². The van der Waals surface area contributed by atoms with Gasteiger partial charge in [0.2, 0.25) is 0 Å². The largest absolute Gasteiger partial charge is 0.465 e. The van der Waals surface area contributed by atoms with E-state index in [2.05, 4.69) is 4.74 Å². The highest BCUT2D eigenvalue weighted by Crippen LogP contribution is 2.36. The van der Waals surface area contributed by atoms with Crippen LogP contribution in [0.15, 0.2) is 23.1 Å². The van der Waals surface area contributed by atoms with Crippen molar-refractivity contribution in [1.82, 2.24) is 4.90 Å². The molecule has 1 aliphatic rings. The summed E-state index contributed by atoms with van der Waals surface area (Å²) in [4.78, 5) is 13.5. The quantitative estimate of drug-likeness (QED) is 0.745. The van der Waals surface area contributed by atoms with Crippen molar-refractivity contribution in [3.8, 4) is 0 Å². The van der Waals surface area contributed by atoms with Crippen molar-refractivity contribution in [2.45, 2.75) is 10.9 Å². The third kappa shape index (κ3) is 2.02. The van der Waals surface area contributed by atoms with Gasteiger partial charge in [0, 0.05) is 6.04 Å². The second-order valence-electron chi connectivity index (χ2n) is 4.51. The van der Waals surface area contributed by atoms with Gasteiger partial charge in [0.1, 0.15) is 0 Å². The molecule has 0 aliphatic carbocycles. The Morgan fingerprint density at radius 2 is 2.06 bits per heavy atom. The molecule has 5 nitrogen and oxygen atoms in total. The molecule has 1 aliphatic heterocycles. The number of hydrogen-bond acceptors (Lipinski definition) is 5. The van der Waals surface area contributed by atoms with Crippen LogP contribution in [-0.4, -0.2) is 46.2 Å². The fourth-order valence-electron chi connectivity index (χ4n) is 2.14. The Kier molecular flexibility index (Phi) is 3.16. The summed E-state index contributed by atoms with van der Waals surface area (Å²) in [6, 6.07) is 4.54. The van der Waals surface area contributed by atoms with Gasteiger partial charge in [-0.2, -0.15) is 0 Å². The first-order valence-electron chi connectivity index (χ1n) is 5.48. The lowest BCUT2D eigenvalue weighted by Gasteiger charge is -2.18. The van der Waals surface area contributed by atoms with Gasteiger partial charge in [-0.3, -0.25) is 0 Å². The van der Waals surface area contributed by atoms with E-state index >= 15 is 0 Å².